The fraction of sp³-hybridized carbons (Fsp3) is 0.650. The lowest BCUT2D eigenvalue weighted by atomic mass is 9.93. The third-order valence-electron chi connectivity index (χ3n) is 5.51. The van der Waals surface area contributed by atoms with Gasteiger partial charge in [0.1, 0.15) is 11.6 Å². The van der Waals surface area contributed by atoms with Crippen molar-refractivity contribution in [2.24, 2.45) is 11.8 Å². The van der Waals surface area contributed by atoms with E-state index in [9.17, 15) is 9.18 Å². The summed E-state index contributed by atoms with van der Waals surface area (Å²) in [4.78, 5) is 14.4. The summed E-state index contributed by atoms with van der Waals surface area (Å²) in [6, 6.07) is 6.17. The van der Waals surface area contributed by atoms with E-state index in [1.54, 1.807) is 12.1 Å². The molecule has 0 bridgehead atoms. The molecule has 1 aliphatic heterocycles. The van der Waals surface area contributed by atoms with Gasteiger partial charge >= 0.3 is 0 Å². The summed E-state index contributed by atoms with van der Waals surface area (Å²) >= 11 is 0. The number of likely N-dealkylation sites (tertiary alicyclic amines) is 1. The van der Waals surface area contributed by atoms with Crippen molar-refractivity contribution >= 4 is 5.91 Å². The van der Waals surface area contributed by atoms with Crippen LogP contribution in [-0.2, 0) is 4.79 Å². The molecule has 2 fully saturated rings. The summed E-state index contributed by atoms with van der Waals surface area (Å²) in [5, 5.41) is 0. The van der Waals surface area contributed by atoms with E-state index in [0.29, 0.717) is 24.3 Å². The van der Waals surface area contributed by atoms with Crippen LogP contribution in [0.2, 0.25) is 0 Å². The monoisotopic (exact) mass is 333 g/mol. The Bertz CT molecular complexity index is 517. The van der Waals surface area contributed by atoms with Crippen molar-refractivity contribution in [2.45, 2.75) is 51.4 Å². The molecule has 0 atom stereocenters. The molecule has 1 amide bonds. The Morgan fingerprint density at radius 2 is 1.71 bits per heavy atom. The van der Waals surface area contributed by atoms with Gasteiger partial charge in [0.15, 0.2) is 0 Å². The number of halogens is 1. The van der Waals surface area contributed by atoms with Gasteiger partial charge in [-0.3, -0.25) is 4.79 Å². The highest BCUT2D eigenvalue weighted by atomic mass is 19.1. The predicted octanol–water partition coefficient (Wildman–Crippen LogP) is 4.41. The first kappa shape index (κ1) is 17.2. The minimum Gasteiger partial charge on any atom is -0.494 e. The van der Waals surface area contributed by atoms with E-state index in [1.165, 1.54) is 37.8 Å². The van der Waals surface area contributed by atoms with Crippen LogP contribution < -0.4 is 4.74 Å². The van der Waals surface area contributed by atoms with Crippen LogP contribution in [0, 0.1) is 17.7 Å². The molecule has 1 aliphatic carbocycles. The SMILES string of the molecule is O=C(CC1CCCC1)N1CCC(CCOc2ccc(F)cc2)CC1. The van der Waals surface area contributed by atoms with Gasteiger partial charge in [0, 0.05) is 19.5 Å². The van der Waals surface area contributed by atoms with Gasteiger partial charge in [-0.2, -0.15) is 0 Å². The lowest BCUT2D eigenvalue weighted by molar-refractivity contribution is -0.133. The van der Waals surface area contributed by atoms with Crippen molar-refractivity contribution in [2.75, 3.05) is 19.7 Å². The average molecular weight is 333 g/mol. The molecule has 0 radical (unpaired) electrons. The maximum atomic E-state index is 12.8. The molecule has 0 N–H and O–H groups in total. The average Bonchev–Trinajstić information content (AvgIpc) is 3.10. The number of ether oxygens (including phenoxy) is 1. The molecule has 1 aromatic carbocycles. The van der Waals surface area contributed by atoms with Crippen LogP contribution in [0.25, 0.3) is 0 Å². The number of hydrogen-bond donors (Lipinski definition) is 0. The number of carbonyl (C=O) groups excluding carboxylic acids is 1. The Kier molecular flexibility index (Phi) is 6.11. The highest BCUT2D eigenvalue weighted by molar-refractivity contribution is 5.76. The second kappa shape index (κ2) is 8.50. The highest BCUT2D eigenvalue weighted by Crippen LogP contribution is 2.29. The fourth-order valence-electron chi connectivity index (χ4n) is 3.94. The summed E-state index contributed by atoms with van der Waals surface area (Å²) in [5.74, 6) is 2.11. The van der Waals surface area contributed by atoms with Crippen LogP contribution in [0.5, 0.6) is 5.75 Å². The molecule has 0 spiro atoms. The maximum absolute atomic E-state index is 12.8. The molecular weight excluding hydrogens is 305 g/mol. The van der Waals surface area contributed by atoms with Crippen LogP contribution in [0.4, 0.5) is 4.39 Å². The van der Waals surface area contributed by atoms with E-state index in [1.807, 2.05) is 0 Å². The Balaban J connectivity index is 1.32. The van der Waals surface area contributed by atoms with E-state index in [4.69, 9.17) is 4.74 Å². The van der Waals surface area contributed by atoms with Crippen molar-refractivity contribution in [1.82, 2.24) is 4.90 Å². The maximum Gasteiger partial charge on any atom is 0.222 e. The van der Waals surface area contributed by atoms with E-state index >= 15 is 0 Å². The topological polar surface area (TPSA) is 29.5 Å². The summed E-state index contributed by atoms with van der Waals surface area (Å²) in [5.41, 5.74) is 0. The molecule has 2 aliphatic rings. The van der Waals surface area contributed by atoms with Gasteiger partial charge < -0.3 is 9.64 Å². The van der Waals surface area contributed by atoms with Crippen LogP contribution >= 0.6 is 0 Å². The van der Waals surface area contributed by atoms with E-state index in [-0.39, 0.29) is 5.82 Å². The number of piperidine rings is 1. The molecule has 24 heavy (non-hydrogen) atoms. The van der Waals surface area contributed by atoms with E-state index in [0.717, 1.165) is 44.5 Å². The van der Waals surface area contributed by atoms with Gasteiger partial charge in [-0.25, -0.2) is 4.39 Å². The quantitative estimate of drug-likeness (QED) is 0.771. The highest BCUT2D eigenvalue weighted by Gasteiger charge is 2.25. The Labute approximate surface area is 144 Å². The Hall–Kier alpha value is -1.58. The second-order valence-electron chi connectivity index (χ2n) is 7.27. The Morgan fingerprint density at radius 3 is 2.38 bits per heavy atom. The van der Waals surface area contributed by atoms with Crippen LogP contribution in [0.1, 0.15) is 51.4 Å². The first-order valence-electron chi connectivity index (χ1n) is 9.37. The summed E-state index contributed by atoms with van der Waals surface area (Å²) in [7, 11) is 0. The number of nitrogens with zero attached hydrogens (tertiary/aromatic N) is 1. The first-order valence-corrected chi connectivity index (χ1v) is 9.37. The minimum absolute atomic E-state index is 0.239. The fourth-order valence-corrected chi connectivity index (χ4v) is 3.94. The lowest BCUT2D eigenvalue weighted by Crippen LogP contribution is -2.39. The Morgan fingerprint density at radius 1 is 1.04 bits per heavy atom. The zero-order chi connectivity index (χ0) is 16.8. The van der Waals surface area contributed by atoms with Gasteiger partial charge in [0.2, 0.25) is 5.91 Å². The summed E-state index contributed by atoms with van der Waals surface area (Å²) in [6.45, 7) is 2.45. The van der Waals surface area contributed by atoms with Gasteiger partial charge in [-0.05, 0) is 68.2 Å². The molecule has 1 heterocycles. The molecule has 4 heteroatoms. The molecule has 1 saturated carbocycles. The van der Waals surface area contributed by atoms with Gasteiger partial charge in [-0.1, -0.05) is 12.8 Å². The normalized spacial score (nSPS) is 19.6. The number of hydrogen-bond acceptors (Lipinski definition) is 2. The molecular formula is C20H28FNO2. The zero-order valence-corrected chi connectivity index (χ0v) is 14.4. The number of amides is 1. The van der Waals surface area contributed by atoms with Crippen molar-refractivity contribution in [1.29, 1.82) is 0 Å². The van der Waals surface area contributed by atoms with E-state index in [2.05, 4.69) is 4.90 Å². The van der Waals surface area contributed by atoms with Crippen molar-refractivity contribution in [3.8, 4) is 5.75 Å². The van der Waals surface area contributed by atoms with Gasteiger partial charge in [0.25, 0.3) is 0 Å². The van der Waals surface area contributed by atoms with Crippen LogP contribution in [0.3, 0.4) is 0 Å². The molecule has 0 aromatic heterocycles. The van der Waals surface area contributed by atoms with Crippen molar-refractivity contribution < 1.29 is 13.9 Å². The predicted molar refractivity (Wildman–Crippen MR) is 92.4 cm³/mol. The molecule has 0 unspecified atom stereocenters. The molecule has 1 saturated heterocycles. The third-order valence-corrected chi connectivity index (χ3v) is 5.51. The zero-order valence-electron chi connectivity index (χ0n) is 14.4. The molecule has 1 aromatic rings. The molecule has 132 valence electrons. The first-order chi connectivity index (χ1) is 11.7. The summed E-state index contributed by atoms with van der Waals surface area (Å²) in [6.07, 6.45) is 8.99. The lowest BCUT2D eigenvalue weighted by Gasteiger charge is -2.32. The van der Waals surface area contributed by atoms with Crippen LogP contribution in [-0.4, -0.2) is 30.5 Å². The van der Waals surface area contributed by atoms with Crippen LogP contribution in [0.15, 0.2) is 24.3 Å². The molecule has 3 nitrogen and oxygen atoms in total. The van der Waals surface area contributed by atoms with Crippen molar-refractivity contribution in [3.63, 3.8) is 0 Å². The third kappa shape index (κ3) is 4.96. The minimum atomic E-state index is -0.239. The summed E-state index contributed by atoms with van der Waals surface area (Å²) < 4.78 is 18.5. The second-order valence-corrected chi connectivity index (χ2v) is 7.27. The number of rotatable bonds is 6. The van der Waals surface area contributed by atoms with Gasteiger partial charge in [-0.15, -0.1) is 0 Å². The smallest absolute Gasteiger partial charge is 0.222 e. The standard InChI is InChI=1S/C20H28FNO2/c21-18-5-7-19(8-6-18)24-14-11-16-9-12-22(13-10-16)20(23)15-17-3-1-2-4-17/h5-8,16-17H,1-4,9-15H2. The number of benzene rings is 1. The largest absolute Gasteiger partial charge is 0.494 e. The number of carbonyl (C=O) groups is 1. The van der Waals surface area contributed by atoms with Crippen molar-refractivity contribution in [3.05, 3.63) is 30.1 Å². The van der Waals surface area contributed by atoms with E-state index < -0.39 is 0 Å². The van der Waals surface area contributed by atoms with Gasteiger partial charge in [0.05, 0.1) is 6.61 Å². The molecule has 3 rings (SSSR count).